The number of halogens is 2. The van der Waals surface area contributed by atoms with Crippen LogP contribution in [0, 0.1) is 5.82 Å². The van der Waals surface area contributed by atoms with Crippen LogP contribution in [0.5, 0.6) is 0 Å². The van der Waals surface area contributed by atoms with Gasteiger partial charge in [-0.3, -0.25) is 4.79 Å². The molecule has 0 radical (unpaired) electrons. The van der Waals surface area contributed by atoms with E-state index in [1.165, 1.54) is 17.8 Å². The second kappa shape index (κ2) is 8.60. The number of carbonyl (C=O) groups excluding carboxylic acids is 1. The van der Waals surface area contributed by atoms with Crippen molar-refractivity contribution >= 4 is 51.0 Å². The van der Waals surface area contributed by atoms with E-state index in [1.807, 2.05) is 30.5 Å². The zero-order valence-corrected chi connectivity index (χ0v) is 15.2. The van der Waals surface area contributed by atoms with Crippen LogP contribution in [0.1, 0.15) is 5.56 Å². The molecule has 0 spiro atoms. The molecule has 1 N–H and O–H groups in total. The molecule has 22 heavy (non-hydrogen) atoms. The van der Waals surface area contributed by atoms with Crippen LogP contribution in [0.4, 0.5) is 10.1 Å². The molecule has 0 aliphatic rings. The number of thioether (sulfide) groups is 2. The summed E-state index contributed by atoms with van der Waals surface area (Å²) in [6.07, 6.45) is 1.97. The molecule has 0 aliphatic carbocycles. The molecule has 1 amide bonds. The molecule has 0 aromatic heterocycles. The molecular weight excluding hydrogens is 385 g/mol. The van der Waals surface area contributed by atoms with Gasteiger partial charge in [0.25, 0.3) is 0 Å². The van der Waals surface area contributed by atoms with E-state index in [0.717, 1.165) is 10.6 Å². The van der Waals surface area contributed by atoms with Gasteiger partial charge in [0.05, 0.1) is 11.4 Å². The molecule has 116 valence electrons. The maximum atomic E-state index is 13.7. The van der Waals surface area contributed by atoms with Gasteiger partial charge < -0.3 is 5.32 Å². The third-order valence-electron chi connectivity index (χ3n) is 2.89. The number of hydrogen-bond acceptors (Lipinski definition) is 3. The number of hydrogen-bond donors (Lipinski definition) is 1. The highest BCUT2D eigenvalue weighted by molar-refractivity contribution is 9.10. The van der Waals surface area contributed by atoms with E-state index in [2.05, 4.69) is 21.2 Å². The highest BCUT2D eigenvalue weighted by Crippen LogP contribution is 2.25. The highest BCUT2D eigenvalue weighted by atomic mass is 79.9. The Morgan fingerprint density at radius 3 is 2.77 bits per heavy atom. The Kier molecular flexibility index (Phi) is 6.79. The van der Waals surface area contributed by atoms with Crippen molar-refractivity contribution in [2.24, 2.45) is 0 Å². The molecule has 0 saturated carbocycles. The first-order valence-corrected chi connectivity index (χ1v) is 9.72. The molecule has 0 saturated heterocycles. The summed E-state index contributed by atoms with van der Waals surface area (Å²) in [5.74, 6) is 0.425. The van der Waals surface area contributed by atoms with Crippen molar-refractivity contribution in [1.29, 1.82) is 0 Å². The van der Waals surface area contributed by atoms with Gasteiger partial charge in [0.2, 0.25) is 5.91 Å². The summed E-state index contributed by atoms with van der Waals surface area (Å²) in [6, 6.07) is 12.6. The van der Waals surface area contributed by atoms with E-state index in [1.54, 1.807) is 23.9 Å². The lowest BCUT2D eigenvalue weighted by Crippen LogP contribution is -2.14. The van der Waals surface area contributed by atoms with Crippen LogP contribution in [0.15, 0.2) is 51.8 Å². The number of anilines is 1. The van der Waals surface area contributed by atoms with E-state index in [-0.39, 0.29) is 17.5 Å². The number of carbonyl (C=O) groups is 1. The second-order valence-corrected chi connectivity index (χ2v) is 7.23. The summed E-state index contributed by atoms with van der Waals surface area (Å²) in [5, 5.41) is 2.89. The molecule has 0 atom stereocenters. The second-order valence-electron chi connectivity index (χ2n) is 4.48. The Morgan fingerprint density at radius 2 is 2.05 bits per heavy atom. The maximum absolute atomic E-state index is 13.7. The fourth-order valence-electron chi connectivity index (χ4n) is 1.83. The number of rotatable bonds is 6. The Hall–Kier alpha value is -0.980. The fraction of sp³-hybridized carbons (Fsp3) is 0.188. The van der Waals surface area contributed by atoms with Gasteiger partial charge in [0.15, 0.2) is 0 Å². The molecule has 0 unspecified atom stereocenters. The van der Waals surface area contributed by atoms with Crippen molar-refractivity contribution < 1.29 is 9.18 Å². The number of para-hydroxylation sites is 1. The van der Waals surface area contributed by atoms with E-state index in [4.69, 9.17) is 0 Å². The van der Waals surface area contributed by atoms with E-state index in [9.17, 15) is 9.18 Å². The van der Waals surface area contributed by atoms with Crippen LogP contribution >= 0.6 is 39.5 Å². The Balaban J connectivity index is 1.85. The quantitative estimate of drug-likeness (QED) is 0.678. The summed E-state index contributed by atoms with van der Waals surface area (Å²) in [4.78, 5) is 13.0. The molecule has 2 aromatic carbocycles. The normalized spacial score (nSPS) is 10.5. The molecule has 2 nitrogen and oxygen atoms in total. The smallest absolute Gasteiger partial charge is 0.234 e. The van der Waals surface area contributed by atoms with Gasteiger partial charge >= 0.3 is 0 Å². The zero-order valence-electron chi connectivity index (χ0n) is 11.9. The van der Waals surface area contributed by atoms with Gasteiger partial charge in [-0.1, -0.05) is 34.1 Å². The lowest BCUT2D eigenvalue weighted by Gasteiger charge is -2.09. The van der Waals surface area contributed by atoms with Crippen LogP contribution in [-0.2, 0) is 10.5 Å². The van der Waals surface area contributed by atoms with Crippen molar-refractivity contribution in [2.75, 3.05) is 17.3 Å². The first-order chi connectivity index (χ1) is 10.6. The minimum atomic E-state index is -0.255. The lowest BCUT2D eigenvalue weighted by molar-refractivity contribution is -0.113. The van der Waals surface area contributed by atoms with Crippen molar-refractivity contribution in [1.82, 2.24) is 0 Å². The average Bonchev–Trinajstić information content (AvgIpc) is 2.50. The highest BCUT2D eigenvalue weighted by Gasteiger charge is 2.08. The SMILES string of the molecule is CSc1ccccc1NC(=O)CSCc1ccc(Br)cc1F. The fourth-order valence-corrected chi connectivity index (χ4v) is 3.53. The number of amides is 1. The molecule has 0 fully saturated rings. The predicted octanol–water partition coefficient (Wildman–Crippen LogP) is 5.18. The van der Waals surface area contributed by atoms with Crippen molar-refractivity contribution in [3.8, 4) is 0 Å². The summed E-state index contributed by atoms with van der Waals surface area (Å²) >= 11 is 6.20. The molecule has 0 heterocycles. The summed E-state index contributed by atoms with van der Waals surface area (Å²) in [5.41, 5.74) is 1.42. The number of nitrogens with one attached hydrogen (secondary N) is 1. The molecule has 2 aromatic rings. The van der Waals surface area contributed by atoms with Crippen LogP contribution in [0.2, 0.25) is 0 Å². The topological polar surface area (TPSA) is 29.1 Å². The predicted molar refractivity (Wildman–Crippen MR) is 97.1 cm³/mol. The van der Waals surface area contributed by atoms with Gasteiger partial charge in [-0.05, 0) is 36.1 Å². The summed E-state index contributed by atoms with van der Waals surface area (Å²) < 4.78 is 14.4. The molecular formula is C16H15BrFNOS2. The zero-order chi connectivity index (χ0) is 15.9. The third-order valence-corrected chi connectivity index (χ3v) is 5.16. The van der Waals surface area contributed by atoms with Gasteiger partial charge in [-0.15, -0.1) is 23.5 Å². The summed E-state index contributed by atoms with van der Waals surface area (Å²) in [6.45, 7) is 0. The van der Waals surface area contributed by atoms with Gasteiger partial charge in [0, 0.05) is 15.1 Å². The van der Waals surface area contributed by atoms with E-state index < -0.39 is 0 Å². The van der Waals surface area contributed by atoms with Gasteiger partial charge in [-0.2, -0.15) is 0 Å². The van der Waals surface area contributed by atoms with Crippen LogP contribution in [0.25, 0.3) is 0 Å². The maximum Gasteiger partial charge on any atom is 0.234 e. The van der Waals surface area contributed by atoms with Gasteiger partial charge in [-0.25, -0.2) is 4.39 Å². The summed E-state index contributed by atoms with van der Waals surface area (Å²) in [7, 11) is 0. The minimum Gasteiger partial charge on any atom is -0.324 e. The number of benzene rings is 2. The van der Waals surface area contributed by atoms with Crippen molar-refractivity contribution in [2.45, 2.75) is 10.6 Å². The van der Waals surface area contributed by atoms with Crippen molar-refractivity contribution in [3.05, 3.63) is 58.3 Å². The lowest BCUT2D eigenvalue weighted by atomic mass is 10.2. The van der Waals surface area contributed by atoms with Crippen LogP contribution in [0.3, 0.4) is 0 Å². The Bertz CT molecular complexity index is 666. The largest absolute Gasteiger partial charge is 0.324 e. The standard InChI is InChI=1S/C16H15BrFNOS2/c1-21-15-5-3-2-4-14(15)19-16(20)10-22-9-11-6-7-12(17)8-13(11)18/h2-8H,9-10H2,1H3,(H,19,20). The first-order valence-electron chi connectivity index (χ1n) is 6.54. The first kappa shape index (κ1) is 17.4. The average molecular weight is 400 g/mol. The molecule has 2 rings (SSSR count). The van der Waals surface area contributed by atoms with E-state index in [0.29, 0.717) is 15.8 Å². The molecule has 0 aliphatic heterocycles. The minimum absolute atomic E-state index is 0.0796. The van der Waals surface area contributed by atoms with Crippen LogP contribution in [-0.4, -0.2) is 17.9 Å². The molecule has 6 heteroatoms. The van der Waals surface area contributed by atoms with E-state index >= 15 is 0 Å². The Morgan fingerprint density at radius 1 is 1.27 bits per heavy atom. The monoisotopic (exact) mass is 399 g/mol. The van der Waals surface area contributed by atoms with Gasteiger partial charge in [0.1, 0.15) is 5.82 Å². The molecule has 0 bridgehead atoms. The Labute approximate surface area is 146 Å². The third kappa shape index (κ3) is 5.04. The van der Waals surface area contributed by atoms with Crippen LogP contribution < -0.4 is 5.32 Å². The van der Waals surface area contributed by atoms with Crippen molar-refractivity contribution in [3.63, 3.8) is 0 Å².